The van der Waals surface area contributed by atoms with Gasteiger partial charge in [0.1, 0.15) is 35.0 Å². The molecular weight excluding hydrogens is 773 g/mol. The summed E-state index contributed by atoms with van der Waals surface area (Å²) in [6.45, 7) is 6.27. The number of Topliss-reactive ketones (excluding diaryl/α,β-unsaturated/α-hetero) is 2. The van der Waals surface area contributed by atoms with E-state index < -0.39 is 18.1 Å². The van der Waals surface area contributed by atoms with Gasteiger partial charge in [-0.25, -0.2) is 0 Å². The van der Waals surface area contributed by atoms with Crippen LogP contribution in [0.1, 0.15) is 88.4 Å². The van der Waals surface area contributed by atoms with Gasteiger partial charge in [-0.15, -0.1) is 0 Å². The standard InChI is InChI=1S/C49H56N4O8/c1-5-33-13-15-42(60-32(3)55)25-40(57)26-45(37-22-46(58)49(47(23-37)59-4)61-41-10-7-9-39(56)24-41)52-29-36-8-6-11-44(43(36)30-52)53(19-17-31(2)54)48-21-34(16-18-51-48)12-14-35-27-50-28-38(35)20-33/h6-11,16,21-24,27-30,33,42,45,50-51,56,58H,5,12-15,17-20,25-26H2,1-4H3. The van der Waals surface area contributed by atoms with Crippen molar-refractivity contribution in [2.75, 3.05) is 25.1 Å². The molecule has 0 spiro atoms. The molecule has 4 N–H and O–H groups in total. The molecule has 320 valence electrons. The summed E-state index contributed by atoms with van der Waals surface area (Å²) in [6.07, 6.45) is 17.2. The second kappa shape index (κ2) is 19.3. The van der Waals surface area contributed by atoms with Crippen molar-refractivity contribution in [1.29, 1.82) is 0 Å². The van der Waals surface area contributed by atoms with E-state index in [0.29, 0.717) is 43.2 Å². The topological polar surface area (TPSA) is 155 Å². The monoisotopic (exact) mass is 828 g/mol. The number of aromatic amines is 1. The number of aromatic nitrogens is 2. The molecule has 0 aliphatic carbocycles. The molecule has 0 radical (unpaired) electrons. The van der Waals surface area contributed by atoms with Crippen molar-refractivity contribution in [2.45, 2.75) is 90.7 Å². The van der Waals surface area contributed by atoms with Crippen molar-refractivity contribution in [3.63, 3.8) is 0 Å². The number of esters is 1. The molecule has 3 unspecified atom stereocenters. The highest BCUT2D eigenvalue weighted by Crippen LogP contribution is 2.44. The molecule has 0 saturated carbocycles. The first-order valence-electron chi connectivity index (χ1n) is 21.2. The molecule has 61 heavy (non-hydrogen) atoms. The maximum atomic E-state index is 14.4. The normalized spacial score (nSPS) is 18.9. The number of anilines is 1. The van der Waals surface area contributed by atoms with Gasteiger partial charge in [0.2, 0.25) is 5.75 Å². The summed E-state index contributed by atoms with van der Waals surface area (Å²) < 4.78 is 19.6. The van der Waals surface area contributed by atoms with Crippen molar-refractivity contribution < 1.29 is 38.8 Å². The minimum atomic E-state index is -0.628. The van der Waals surface area contributed by atoms with Crippen LogP contribution in [-0.2, 0) is 32.0 Å². The minimum Gasteiger partial charge on any atom is -0.508 e. The number of dihydropyridines is 1. The van der Waals surface area contributed by atoms with E-state index in [9.17, 15) is 24.6 Å². The van der Waals surface area contributed by atoms with Gasteiger partial charge in [0.15, 0.2) is 11.5 Å². The maximum Gasteiger partial charge on any atom is 0.302 e. The highest BCUT2D eigenvalue weighted by atomic mass is 16.5. The first-order valence-corrected chi connectivity index (χ1v) is 21.2. The van der Waals surface area contributed by atoms with Crippen LogP contribution in [0.4, 0.5) is 5.69 Å². The van der Waals surface area contributed by atoms with E-state index >= 15 is 0 Å². The Kier molecular flexibility index (Phi) is 13.5. The zero-order chi connectivity index (χ0) is 43.0. The summed E-state index contributed by atoms with van der Waals surface area (Å²) in [5.41, 5.74) is 5.25. The molecule has 0 fully saturated rings. The smallest absolute Gasteiger partial charge is 0.302 e. The lowest BCUT2D eigenvalue weighted by atomic mass is 9.89. The van der Waals surface area contributed by atoms with E-state index in [4.69, 9.17) is 14.2 Å². The van der Waals surface area contributed by atoms with Crippen LogP contribution in [0.5, 0.6) is 28.7 Å². The Labute approximate surface area is 356 Å². The van der Waals surface area contributed by atoms with E-state index in [0.717, 1.165) is 54.4 Å². The number of H-pyrrole nitrogens is 1. The van der Waals surface area contributed by atoms with Gasteiger partial charge in [-0.3, -0.25) is 14.4 Å². The number of allylic oxidation sites excluding steroid dienone is 2. The molecule has 4 heterocycles. The number of benzene rings is 3. The van der Waals surface area contributed by atoms with Crippen molar-refractivity contribution in [1.82, 2.24) is 14.9 Å². The molecule has 7 rings (SSSR count). The summed E-state index contributed by atoms with van der Waals surface area (Å²) in [5.74, 6) is 1.14. The molecule has 3 aromatic carbocycles. The third-order valence-corrected chi connectivity index (χ3v) is 11.8. The molecule has 0 amide bonds. The highest BCUT2D eigenvalue weighted by molar-refractivity contribution is 5.95. The summed E-state index contributed by atoms with van der Waals surface area (Å²) in [7, 11) is 1.47. The number of rotatable bonds is 9. The number of phenolic OH excluding ortho intramolecular Hbond substituents is 2. The molecule has 3 atom stereocenters. The second-order valence-corrected chi connectivity index (χ2v) is 16.2. The Morgan fingerprint density at radius 3 is 2.52 bits per heavy atom. The lowest BCUT2D eigenvalue weighted by Gasteiger charge is -2.30. The summed E-state index contributed by atoms with van der Waals surface area (Å²) in [6, 6.07) is 15.0. The Morgan fingerprint density at radius 1 is 0.934 bits per heavy atom. The molecule has 5 aromatic rings. The zero-order valence-electron chi connectivity index (χ0n) is 35.4. The third-order valence-electron chi connectivity index (χ3n) is 11.8. The van der Waals surface area contributed by atoms with Gasteiger partial charge in [0.25, 0.3) is 0 Å². The van der Waals surface area contributed by atoms with Gasteiger partial charge >= 0.3 is 5.97 Å². The van der Waals surface area contributed by atoms with Crippen LogP contribution in [0, 0.1) is 5.92 Å². The number of carbonyl (C=O) groups excluding carboxylic acids is 3. The summed E-state index contributed by atoms with van der Waals surface area (Å²) >= 11 is 0. The number of aryl methyl sites for hydroxylation is 1. The van der Waals surface area contributed by atoms with E-state index in [1.165, 1.54) is 42.9 Å². The first-order chi connectivity index (χ1) is 29.5. The van der Waals surface area contributed by atoms with Crippen LogP contribution in [0.3, 0.4) is 0 Å². The largest absolute Gasteiger partial charge is 0.508 e. The third kappa shape index (κ3) is 10.5. The number of carbonyl (C=O) groups is 3. The molecule has 2 aliphatic rings. The molecule has 2 aromatic heterocycles. The minimum absolute atomic E-state index is 0.00306. The van der Waals surface area contributed by atoms with Crippen LogP contribution >= 0.6 is 0 Å². The maximum absolute atomic E-state index is 14.4. The average Bonchev–Trinajstić information content (AvgIpc) is 3.88. The van der Waals surface area contributed by atoms with Gasteiger partial charge < -0.3 is 44.2 Å². The SMILES string of the molecule is CCC1CCC(OC(C)=O)CC(=O)CC(c2cc(O)c(Oc3cccc(O)c3)c(OC)c2)n2cc3cccc(c3c2)N(CCC(C)=O)C2=CC(=CCN2)CCc2c[nH]cc2C1. The molecule has 0 saturated heterocycles. The first kappa shape index (κ1) is 42.7. The fourth-order valence-corrected chi connectivity index (χ4v) is 8.56. The number of hydrogen-bond donors (Lipinski definition) is 4. The predicted molar refractivity (Wildman–Crippen MR) is 235 cm³/mol. The summed E-state index contributed by atoms with van der Waals surface area (Å²) in [4.78, 5) is 44.8. The van der Waals surface area contributed by atoms with Crippen LogP contribution in [0.25, 0.3) is 10.8 Å². The fraction of sp³-hybridized carbons (Fsp3) is 0.367. The van der Waals surface area contributed by atoms with E-state index in [-0.39, 0.29) is 47.4 Å². The van der Waals surface area contributed by atoms with Gasteiger partial charge in [-0.1, -0.05) is 37.6 Å². The number of ether oxygens (including phenoxy) is 3. The number of hydrogen-bond acceptors (Lipinski definition) is 10. The number of nitrogens with one attached hydrogen (secondary N) is 2. The molecule has 4 bridgehead atoms. The zero-order valence-corrected chi connectivity index (χ0v) is 35.4. The summed E-state index contributed by atoms with van der Waals surface area (Å²) in [5, 5.41) is 27.0. The Morgan fingerprint density at radius 2 is 1.75 bits per heavy atom. The average molecular weight is 829 g/mol. The van der Waals surface area contributed by atoms with Gasteiger partial charge in [0.05, 0.1) is 18.8 Å². The number of methoxy groups -OCH3 is 1. The van der Waals surface area contributed by atoms with E-state index in [1.807, 2.05) is 35.2 Å². The van der Waals surface area contributed by atoms with Gasteiger partial charge in [-0.05, 0) is 104 Å². The number of ketones is 2. The van der Waals surface area contributed by atoms with Crippen LogP contribution in [0.15, 0.2) is 103 Å². The second-order valence-electron chi connectivity index (χ2n) is 16.2. The quantitative estimate of drug-likeness (QED) is 0.106. The van der Waals surface area contributed by atoms with E-state index in [1.54, 1.807) is 31.2 Å². The van der Waals surface area contributed by atoms with Crippen molar-refractivity contribution in [2.24, 2.45) is 5.92 Å². The van der Waals surface area contributed by atoms with Crippen LogP contribution < -0.4 is 19.7 Å². The number of aromatic hydroxyl groups is 2. The molecular formula is C49H56N4O8. The molecule has 12 nitrogen and oxygen atoms in total. The van der Waals surface area contributed by atoms with E-state index in [2.05, 4.69) is 46.7 Å². The van der Waals surface area contributed by atoms with Gasteiger partial charge in [-0.2, -0.15) is 0 Å². The highest BCUT2D eigenvalue weighted by Gasteiger charge is 2.28. The molecule has 12 heteroatoms. The van der Waals surface area contributed by atoms with Crippen molar-refractivity contribution >= 4 is 34.0 Å². The Bertz CT molecular complexity index is 2440. The number of nitrogens with zero attached hydrogens (tertiary/aromatic N) is 2. The van der Waals surface area contributed by atoms with Crippen LogP contribution in [-0.4, -0.2) is 63.6 Å². The lowest BCUT2D eigenvalue weighted by Crippen LogP contribution is -2.35. The van der Waals surface area contributed by atoms with Crippen molar-refractivity contribution in [3.05, 3.63) is 120 Å². The predicted octanol–water partition coefficient (Wildman–Crippen LogP) is 9.20. The Hall–Kier alpha value is -6.43. The molecule has 2 aliphatic heterocycles. The lowest BCUT2D eigenvalue weighted by molar-refractivity contribution is -0.148. The number of phenols is 2. The number of fused-ring (bicyclic) bond motifs is 3. The fourth-order valence-electron chi connectivity index (χ4n) is 8.56. The van der Waals surface area contributed by atoms with Crippen LogP contribution in [0.2, 0.25) is 0 Å². The van der Waals surface area contributed by atoms with Crippen molar-refractivity contribution in [3.8, 4) is 28.7 Å². The van der Waals surface area contributed by atoms with Gasteiger partial charge in [0, 0.05) is 80.9 Å². The Balaban J connectivity index is 1.34.